The van der Waals surface area contributed by atoms with Gasteiger partial charge in [0.15, 0.2) is 17.2 Å². The number of aliphatic hydroxyl groups excluding tert-OH is 1. The number of halogens is 4. The van der Waals surface area contributed by atoms with Gasteiger partial charge in [-0.05, 0) is 62.4 Å². The van der Waals surface area contributed by atoms with Crippen molar-refractivity contribution in [3.63, 3.8) is 0 Å². The Bertz CT molecular complexity index is 1690. The number of fused-ring (bicyclic) bond motifs is 1. The fourth-order valence-electron chi connectivity index (χ4n) is 4.68. The first-order chi connectivity index (χ1) is 20.9. The molecule has 0 aliphatic carbocycles. The van der Waals surface area contributed by atoms with Crippen molar-refractivity contribution in [3.8, 4) is 28.5 Å². The van der Waals surface area contributed by atoms with E-state index < -0.39 is 57.4 Å². The second-order valence-electron chi connectivity index (χ2n) is 10.8. The number of nitrogens with one attached hydrogen (secondary N) is 2. The molecular formula is C29H31F4N3O8S. The number of hydrogen-bond acceptors (Lipinski definition) is 9. The van der Waals surface area contributed by atoms with Crippen molar-refractivity contribution >= 4 is 15.9 Å². The molecule has 2 aromatic carbocycles. The van der Waals surface area contributed by atoms with Crippen molar-refractivity contribution in [2.45, 2.75) is 37.3 Å². The second kappa shape index (κ2) is 12.4. The van der Waals surface area contributed by atoms with Crippen LogP contribution in [0.15, 0.2) is 48.5 Å². The summed E-state index contributed by atoms with van der Waals surface area (Å²) in [4.78, 5) is 17.1. The fraction of sp³-hybridized carbons (Fsp3) is 0.379. The predicted octanol–water partition coefficient (Wildman–Crippen LogP) is 2.99. The van der Waals surface area contributed by atoms with E-state index in [9.17, 15) is 41.0 Å². The Labute approximate surface area is 256 Å². The summed E-state index contributed by atoms with van der Waals surface area (Å²) in [5, 5.41) is 22.7. The van der Waals surface area contributed by atoms with Gasteiger partial charge in [0.05, 0.1) is 37.2 Å². The molecule has 1 aromatic heterocycles. The predicted molar refractivity (Wildman–Crippen MR) is 153 cm³/mol. The highest BCUT2D eigenvalue weighted by atomic mass is 32.2. The maximum atomic E-state index is 14.7. The summed E-state index contributed by atoms with van der Waals surface area (Å²) in [6, 6.07) is 9.22. The molecule has 3 aromatic rings. The number of sulfonamides is 1. The fourth-order valence-corrected chi connectivity index (χ4v) is 5.66. The average Bonchev–Trinajstić information content (AvgIpc) is 3.28. The minimum atomic E-state index is -5.40. The Balaban J connectivity index is 1.76. The molecule has 0 unspecified atom stereocenters. The van der Waals surface area contributed by atoms with E-state index in [0.717, 1.165) is 24.5 Å². The van der Waals surface area contributed by atoms with Crippen LogP contribution in [0.5, 0.6) is 17.2 Å². The molecule has 0 radical (unpaired) electrons. The molecule has 1 aliphatic rings. The topological polar surface area (TPSA) is 156 Å². The second-order valence-corrected chi connectivity index (χ2v) is 12.5. The summed E-state index contributed by atoms with van der Waals surface area (Å²) < 4.78 is 101. The van der Waals surface area contributed by atoms with Gasteiger partial charge < -0.3 is 29.7 Å². The number of methoxy groups -OCH3 is 1. The number of benzene rings is 2. The van der Waals surface area contributed by atoms with E-state index in [1.807, 2.05) is 0 Å². The molecule has 0 saturated carbocycles. The van der Waals surface area contributed by atoms with Crippen molar-refractivity contribution in [1.29, 1.82) is 0 Å². The number of nitrogens with zero attached hydrogens (tertiary/aromatic N) is 1. The molecule has 1 aliphatic heterocycles. The molecule has 2 heterocycles. The smallest absolute Gasteiger partial charge is 0.424 e. The molecule has 0 bridgehead atoms. The van der Waals surface area contributed by atoms with Gasteiger partial charge in [-0.1, -0.05) is 0 Å². The number of aliphatic hydroxyl groups is 2. The minimum absolute atomic E-state index is 0.0659. The van der Waals surface area contributed by atoms with Gasteiger partial charge in [-0.25, -0.2) is 22.5 Å². The molecule has 16 heteroatoms. The number of carbonyl (C=O) groups is 1. The summed E-state index contributed by atoms with van der Waals surface area (Å²) in [6.45, 7) is 1.06. The number of pyridine rings is 1. The highest BCUT2D eigenvalue weighted by Gasteiger charge is 2.57. The van der Waals surface area contributed by atoms with Crippen molar-refractivity contribution in [3.05, 3.63) is 71.2 Å². The quantitative estimate of drug-likeness (QED) is 0.228. The van der Waals surface area contributed by atoms with E-state index in [2.05, 4.69) is 15.0 Å². The minimum Gasteiger partial charge on any atom is -0.493 e. The Morgan fingerprint density at radius 1 is 1.16 bits per heavy atom. The number of alkyl halides is 3. The number of ether oxygens (including phenoxy) is 3. The van der Waals surface area contributed by atoms with Crippen LogP contribution in [0.4, 0.5) is 17.6 Å². The molecule has 0 spiro atoms. The van der Waals surface area contributed by atoms with Crippen LogP contribution in [0.25, 0.3) is 11.3 Å². The van der Waals surface area contributed by atoms with Crippen LogP contribution in [0.2, 0.25) is 0 Å². The lowest BCUT2D eigenvalue weighted by atomic mass is 9.89. The lowest BCUT2D eigenvalue weighted by Gasteiger charge is -2.32. The van der Waals surface area contributed by atoms with Crippen molar-refractivity contribution in [2.75, 3.05) is 33.1 Å². The van der Waals surface area contributed by atoms with Gasteiger partial charge in [0.2, 0.25) is 15.6 Å². The zero-order valence-electron chi connectivity index (χ0n) is 24.5. The molecule has 1 amide bonds. The maximum absolute atomic E-state index is 14.7. The van der Waals surface area contributed by atoms with Gasteiger partial charge in [-0.2, -0.15) is 13.2 Å². The van der Waals surface area contributed by atoms with Gasteiger partial charge in [0, 0.05) is 16.7 Å². The number of carbonyl (C=O) groups excluding carboxylic acids is 1. The van der Waals surface area contributed by atoms with Crippen LogP contribution < -0.4 is 24.2 Å². The molecule has 244 valence electrons. The number of amides is 1. The van der Waals surface area contributed by atoms with E-state index in [0.29, 0.717) is 0 Å². The van der Waals surface area contributed by atoms with Crippen LogP contribution in [0.1, 0.15) is 35.5 Å². The Morgan fingerprint density at radius 3 is 2.40 bits per heavy atom. The zero-order valence-corrected chi connectivity index (χ0v) is 25.3. The number of rotatable bonds is 11. The summed E-state index contributed by atoms with van der Waals surface area (Å²) >= 11 is 0. The first-order valence-electron chi connectivity index (χ1n) is 13.4. The van der Waals surface area contributed by atoms with Crippen LogP contribution in [0.3, 0.4) is 0 Å². The molecule has 0 saturated heterocycles. The summed E-state index contributed by atoms with van der Waals surface area (Å²) in [5.41, 5.74) is -6.62. The average molecular weight is 658 g/mol. The Morgan fingerprint density at radius 2 is 1.82 bits per heavy atom. The van der Waals surface area contributed by atoms with Gasteiger partial charge >= 0.3 is 6.18 Å². The van der Waals surface area contributed by atoms with Crippen molar-refractivity contribution in [2.24, 2.45) is 0 Å². The number of hydrogen-bond donors (Lipinski definition) is 4. The third-order valence-electron chi connectivity index (χ3n) is 6.90. The van der Waals surface area contributed by atoms with Gasteiger partial charge in [0.1, 0.15) is 24.7 Å². The summed E-state index contributed by atoms with van der Waals surface area (Å²) in [5.74, 6) is -1.47. The Hall–Kier alpha value is -3.99. The standard InChI is InChI=1S/C29H31F4N3O8S/c1-16(37)13-43-21-10-7-18(11-22(21)42-3)26(38)34-14-28(39,29(31,32)33)23-12-20-25(44-15-27(20,2)36-45(4,40)41)24(35-23)17-5-8-19(30)9-6-17/h5-12,16,36-37,39H,13-15H2,1-4H3,(H,34,38)/t16-,27+,28+/m1/s1. The first kappa shape index (κ1) is 33.9. The first-order valence-corrected chi connectivity index (χ1v) is 15.3. The van der Waals surface area contributed by atoms with E-state index in [-0.39, 0.29) is 52.8 Å². The van der Waals surface area contributed by atoms with Crippen molar-refractivity contribution in [1.82, 2.24) is 15.0 Å². The number of aromatic nitrogens is 1. The lowest BCUT2D eigenvalue weighted by molar-refractivity contribution is -0.265. The largest absolute Gasteiger partial charge is 0.493 e. The molecular weight excluding hydrogens is 626 g/mol. The Kier molecular flexibility index (Phi) is 9.36. The molecule has 0 fully saturated rings. The third kappa shape index (κ3) is 7.30. The van der Waals surface area contributed by atoms with Crippen LogP contribution in [-0.2, 0) is 21.2 Å². The lowest BCUT2D eigenvalue weighted by Crippen LogP contribution is -2.52. The monoisotopic (exact) mass is 657 g/mol. The SMILES string of the molecule is COc1cc(C(=O)NC[C@](O)(c2cc3c(c(-c4ccc(F)cc4)n2)OC[C@]3(C)NS(C)(=O)=O)C(F)(F)F)ccc1OC[C@@H](C)O. The van der Waals surface area contributed by atoms with Crippen LogP contribution in [-0.4, -0.2) is 74.9 Å². The zero-order chi connectivity index (χ0) is 33.4. The summed E-state index contributed by atoms with van der Waals surface area (Å²) in [7, 11) is -2.63. The maximum Gasteiger partial charge on any atom is 0.424 e. The molecule has 4 rings (SSSR count). The van der Waals surface area contributed by atoms with Gasteiger partial charge in [0.25, 0.3) is 5.91 Å². The molecule has 45 heavy (non-hydrogen) atoms. The van der Waals surface area contributed by atoms with E-state index in [1.54, 1.807) is 0 Å². The van der Waals surface area contributed by atoms with E-state index in [4.69, 9.17) is 14.2 Å². The van der Waals surface area contributed by atoms with Crippen LogP contribution >= 0.6 is 0 Å². The van der Waals surface area contributed by atoms with Gasteiger partial charge in [-0.3, -0.25) is 4.79 Å². The molecule has 11 nitrogen and oxygen atoms in total. The summed E-state index contributed by atoms with van der Waals surface area (Å²) in [6.07, 6.45) is -5.35. The third-order valence-corrected chi connectivity index (χ3v) is 7.73. The normalized spacial score (nSPS) is 18.4. The van der Waals surface area contributed by atoms with Crippen LogP contribution in [0, 0.1) is 5.82 Å². The van der Waals surface area contributed by atoms with E-state index >= 15 is 0 Å². The van der Waals surface area contributed by atoms with E-state index in [1.165, 1.54) is 51.3 Å². The molecule has 4 N–H and O–H groups in total. The van der Waals surface area contributed by atoms with Gasteiger partial charge in [-0.15, -0.1) is 0 Å². The highest BCUT2D eigenvalue weighted by Crippen LogP contribution is 2.47. The van der Waals surface area contributed by atoms with Crippen molar-refractivity contribution < 1.29 is 55.2 Å². The highest BCUT2D eigenvalue weighted by molar-refractivity contribution is 7.88. The molecule has 3 atom stereocenters.